The van der Waals surface area contributed by atoms with Crippen molar-refractivity contribution in [3.63, 3.8) is 0 Å². The average Bonchev–Trinajstić information content (AvgIpc) is 2.15. The molecule has 0 aromatic heterocycles. The molecule has 0 saturated heterocycles. The van der Waals surface area contributed by atoms with E-state index in [1.54, 1.807) is 26.0 Å². The Morgan fingerprint density at radius 3 is 2.47 bits per heavy atom. The lowest BCUT2D eigenvalue weighted by Gasteiger charge is -2.16. The van der Waals surface area contributed by atoms with Gasteiger partial charge in [0.25, 0.3) is 0 Å². The van der Waals surface area contributed by atoms with Crippen molar-refractivity contribution in [1.29, 1.82) is 0 Å². The number of benzene rings is 1. The molecule has 0 fully saturated rings. The number of para-hydroxylation sites is 1. The van der Waals surface area contributed by atoms with Crippen LogP contribution in [0, 0.1) is 0 Å². The van der Waals surface area contributed by atoms with Gasteiger partial charge in [0, 0.05) is 6.04 Å². The van der Waals surface area contributed by atoms with E-state index in [-0.39, 0.29) is 16.6 Å². The van der Waals surface area contributed by atoms with E-state index in [2.05, 4.69) is 4.72 Å². The molecule has 6 heteroatoms. The summed E-state index contributed by atoms with van der Waals surface area (Å²) < 4.78 is 26.4. The van der Waals surface area contributed by atoms with Gasteiger partial charge in [0.1, 0.15) is 4.90 Å². The van der Waals surface area contributed by atoms with Crippen LogP contribution >= 0.6 is 0 Å². The van der Waals surface area contributed by atoms with Crippen molar-refractivity contribution in [3.8, 4) is 0 Å². The fourth-order valence-corrected chi connectivity index (χ4v) is 3.00. The molecule has 1 aromatic rings. The van der Waals surface area contributed by atoms with Crippen molar-refractivity contribution in [2.24, 2.45) is 0 Å². The third kappa shape index (κ3) is 3.99. The summed E-state index contributed by atoms with van der Waals surface area (Å²) in [6.45, 7) is 3.31. The first-order valence-electron chi connectivity index (χ1n) is 5.38. The van der Waals surface area contributed by atoms with Gasteiger partial charge in [0.15, 0.2) is 0 Å². The molecule has 2 unspecified atom stereocenters. The minimum atomic E-state index is -3.62. The Kier molecular flexibility index (Phi) is 4.50. The molecule has 0 saturated carbocycles. The van der Waals surface area contributed by atoms with Gasteiger partial charge < -0.3 is 10.8 Å². The molecule has 2 atom stereocenters. The van der Waals surface area contributed by atoms with Gasteiger partial charge in [0.05, 0.1) is 11.8 Å². The largest absolute Gasteiger partial charge is 0.398 e. The first-order chi connectivity index (χ1) is 7.83. The normalized spacial score (nSPS) is 15.5. The number of rotatable bonds is 5. The SMILES string of the molecule is CC(O)CC(C)NS(=O)(=O)c1ccccc1N. The second-order valence-electron chi connectivity index (χ2n) is 4.14. The number of sulfonamides is 1. The number of nitrogens with two attached hydrogens (primary N) is 1. The summed E-state index contributed by atoms with van der Waals surface area (Å²) >= 11 is 0. The van der Waals surface area contributed by atoms with E-state index >= 15 is 0 Å². The molecule has 1 aromatic carbocycles. The molecule has 0 heterocycles. The van der Waals surface area contributed by atoms with Crippen LogP contribution in [0.5, 0.6) is 0 Å². The van der Waals surface area contributed by atoms with Crippen molar-refractivity contribution in [3.05, 3.63) is 24.3 Å². The Labute approximate surface area is 102 Å². The third-order valence-electron chi connectivity index (χ3n) is 2.26. The van der Waals surface area contributed by atoms with E-state index in [1.807, 2.05) is 0 Å². The Morgan fingerprint density at radius 2 is 1.94 bits per heavy atom. The van der Waals surface area contributed by atoms with Gasteiger partial charge in [-0.15, -0.1) is 0 Å². The minimum absolute atomic E-state index is 0.0671. The van der Waals surface area contributed by atoms with Crippen LogP contribution in [-0.2, 0) is 10.0 Å². The smallest absolute Gasteiger partial charge is 0.242 e. The molecule has 0 spiro atoms. The number of nitrogens with one attached hydrogen (secondary N) is 1. The second kappa shape index (κ2) is 5.48. The van der Waals surface area contributed by atoms with Crippen LogP contribution in [0.3, 0.4) is 0 Å². The number of hydrogen-bond donors (Lipinski definition) is 3. The highest BCUT2D eigenvalue weighted by molar-refractivity contribution is 7.89. The Bertz CT molecular complexity index is 471. The van der Waals surface area contributed by atoms with Crippen LogP contribution in [-0.4, -0.2) is 25.7 Å². The van der Waals surface area contributed by atoms with E-state index in [0.717, 1.165) is 0 Å². The summed E-state index contributed by atoms with van der Waals surface area (Å²) in [5.74, 6) is 0. The second-order valence-corrected chi connectivity index (χ2v) is 5.83. The van der Waals surface area contributed by atoms with Gasteiger partial charge >= 0.3 is 0 Å². The van der Waals surface area contributed by atoms with Crippen molar-refractivity contribution in [1.82, 2.24) is 4.72 Å². The zero-order valence-electron chi connectivity index (χ0n) is 9.92. The first-order valence-corrected chi connectivity index (χ1v) is 6.86. The maximum Gasteiger partial charge on any atom is 0.242 e. The molecule has 4 N–H and O–H groups in total. The lowest BCUT2D eigenvalue weighted by atomic mass is 10.2. The fourth-order valence-electron chi connectivity index (χ4n) is 1.61. The highest BCUT2D eigenvalue weighted by atomic mass is 32.2. The lowest BCUT2D eigenvalue weighted by molar-refractivity contribution is 0.175. The molecule has 0 aliphatic carbocycles. The quantitative estimate of drug-likeness (QED) is 0.678. The fraction of sp³-hybridized carbons (Fsp3) is 0.455. The van der Waals surface area contributed by atoms with Crippen molar-refractivity contribution in [2.45, 2.75) is 37.3 Å². The molecule has 0 amide bonds. The summed E-state index contributed by atoms with van der Waals surface area (Å²) in [4.78, 5) is 0.0671. The zero-order chi connectivity index (χ0) is 13.1. The third-order valence-corrected chi connectivity index (χ3v) is 3.92. The van der Waals surface area contributed by atoms with Crippen LogP contribution in [0.4, 0.5) is 5.69 Å². The summed E-state index contributed by atoms with van der Waals surface area (Å²) in [7, 11) is -3.62. The molecule has 0 bridgehead atoms. The van der Waals surface area contributed by atoms with Gasteiger partial charge in [0.2, 0.25) is 10.0 Å². The van der Waals surface area contributed by atoms with Crippen molar-refractivity contribution < 1.29 is 13.5 Å². The van der Waals surface area contributed by atoms with Crippen LogP contribution in [0.1, 0.15) is 20.3 Å². The Hall–Kier alpha value is -1.11. The van der Waals surface area contributed by atoms with Gasteiger partial charge in [-0.05, 0) is 32.4 Å². The standard InChI is InChI=1S/C11H18N2O3S/c1-8(7-9(2)14)13-17(15,16)11-6-4-3-5-10(11)12/h3-6,8-9,13-14H,7,12H2,1-2H3. The monoisotopic (exact) mass is 258 g/mol. The van der Waals surface area contributed by atoms with Crippen molar-refractivity contribution >= 4 is 15.7 Å². The van der Waals surface area contributed by atoms with Crippen LogP contribution in [0.25, 0.3) is 0 Å². The highest BCUT2D eigenvalue weighted by Crippen LogP contribution is 2.17. The number of hydrogen-bond acceptors (Lipinski definition) is 4. The van der Waals surface area contributed by atoms with Crippen LogP contribution < -0.4 is 10.5 Å². The molecule has 5 nitrogen and oxygen atoms in total. The lowest BCUT2D eigenvalue weighted by Crippen LogP contribution is -2.35. The molecule has 0 aliphatic rings. The average molecular weight is 258 g/mol. The molecule has 0 radical (unpaired) electrons. The maximum atomic E-state index is 12.0. The summed E-state index contributed by atoms with van der Waals surface area (Å²) in [6, 6.07) is 5.93. The number of anilines is 1. The summed E-state index contributed by atoms with van der Waals surface area (Å²) in [5.41, 5.74) is 5.83. The van der Waals surface area contributed by atoms with Gasteiger partial charge in [-0.25, -0.2) is 13.1 Å². The molecular formula is C11H18N2O3S. The number of aliphatic hydroxyl groups is 1. The van der Waals surface area contributed by atoms with Crippen LogP contribution in [0.2, 0.25) is 0 Å². The first kappa shape index (κ1) is 14.0. The van der Waals surface area contributed by atoms with Gasteiger partial charge in [-0.3, -0.25) is 0 Å². The molecule has 0 aliphatic heterocycles. The Morgan fingerprint density at radius 1 is 1.35 bits per heavy atom. The van der Waals surface area contributed by atoms with E-state index in [1.165, 1.54) is 12.1 Å². The van der Waals surface area contributed by atoms with Gasteiger partial charge in [-0.2, -0.15) is 0 Å². The molecule has 96 valence electrons. The molecule has 1 rings (SSSR count). The highest BCUT2D eigenvalue weighted by Gasteiger charge is 2.20. The number of aliphatic hydroxyl groups excluding tert-OH is 1. The van der Waals surface area contributed by atoms with Crippen molar-refractivity contribution in [2.75, 3.05) is 5.73 Å². The minimum Gasteiger partial charge on any atom is -0.398 e. The molecule has 17 heavy (non-hydrogen) atoms. The van der Waals surface area contributed by atoms with E-state index in [9.17, 15) is 13.5 Å². The maximum absolute atomic E-state index is 12.0. The Balaban J connectivity index is 2.86. The predicted molar refractivity (Wildman–Crippen MR) is 66.9 cm³/mol. The zero-order valence-corrected chi connectivity index (χ0v) is 10.7. The summed E-state index contributed by atoms with van der Waals surface area (Å²) in [6.07, 6.45) is -0.202. The molecular weight excluding hydrogens is 240 g/mol. The van der Waals surface area contributed by atoms with E-state index in [4.69, 9.17) is 5.73 Å². The van der Waals surface area contributed by atoms with Crippen LogP contribution in [0.15, 0.2) is 29.2 Å². The number of nitrogen functional groups attached to an aromatic ring is 1. The topological polar surface area (TPSA) is 92.4 Å². The van der Waals surface area contributed by atoms with E-state index in [0.29, 0.717) is 6.42 Å². The predicted octanol–water partition coefficient (Wildman–Crippen LogP) is 0.707. The summed E-state index contributed by atoms with van der Waals surface area (Å²) in [5, 5.41) is 9.19. The van der Waals surface area contributed by atoms with E-state index < -0.39 is 16.1 Å². The van der Waals surface area contributed by atoms with Gasteiger partial charge in [-0.1, -0.05) is 12.1 Å².